The summed E-state index contributed by atoms with van der Waals surface area (Å²) in [5, 5.41) is 15.0. The van der Waals surface area contributed by atoms with Crippen LogP contribution >= 0.6 is 0 Å². The van der Waals surface area contributed by atoms with Gasteiger partial charge in [0, 0.05) is 6.04 Å². The number of amidine groups is 1. The van der Waals surface area contributed by atoms with Crippen molar-refractivity contribution in [2.75, 3.05) is 0 Å². The first kappa shape index (κ1) is 9.77. The third-order valence-electron chi connectivity index (χ3n) is 3.66. The van der Waals surface area contributed by atoms with Crippen LogP contribution in [-0.2, 0) is 0 Å². The maximum atomic E-state index is 8.52. The lowest BCUT2D eigenvalue weighted by atomic mass is 10.0. The molecule has 0 amide bonds. The highest BCUT2D eigenvalue weighted by Gasteiger charge is 2.50. The Morgan fingerprint density at radius 3 is 2.50 bits per heavy atom. The quantitative estimate of drug-likeness (QED) is 0.272. The molecule has 4 N–H and O–H groups in total. The van der Waals surface area contributed by atoms with Gasteiger partial charge in [-0.15, -0.1) is 0 Å². The summed E-state index contributed by atoms with van der Waals surface area (Å²) in [5.74, 6) is 2.00. The zero-order chi connectivity index (χ0) is 10.1. The fraction of sp³-hybridized carbons (Fsp3) is 0.900. The summed E-state index contributed by atoms with van der Waals surface area (Å²) in [6.07, 6.45) is 5.45. The maximum absolute atomic E-state index is 8.52. The van der Waals surface area contributed by atoms with Crippen LogP contribution in [-0.4, -0.2) is 23.1 Å². The summed E-state index contributed by atoms with van der Waals surface area (Å²) in [5.41, 5.74) is 5.52. The Hall–Kier alpha value is -0.770. The second kappa shape index (κ2) is 3.77. The first-order valence-electron chi connectivity index (χ1n) is 5.47. The van der Waals surface area contributed by atoms with E-state index in [0.717, 1.165) is 11.8 Å². The van der Waals surface area contributed by atoms with Crippen molar-refractivity contribution >= 4 is 5.84 Å². The maximum Gasteiger partial charge on any atom is 0.156 e. The number of nitrogens with zero attached hydrogens (tertiary/aromatic N) is 1. The minimum absolute atomic E-state index is 0.00407. The molecule has 0 saturated heterocycles. The SMILES string of the molecule is CC(NC1C2CCCCC21)/C(N)=N/O. The van der Waals surface area contributed by atoms with Gasteiger partial charge >= 0.3 is 0 Å². The molecule has 0 heterocycles. The lowest BCUT2D eigenvalue weighted by Gasteiger charge is -2.11. The first-order valence-corrected chi connectivity index (χ1v) is 5.47. The highest BCUT2D eigenvalue weighted by Crippen LogP contribution is 2.49. The molecule has 4 heteroatoms. The van der Waals surface area contributed by atoms with E-state index in [9.17, 15) is 0 Å². The van der Waals surface area contributed by atoms with Gasteiger partial charge in [-0.2, -0.15) is 0 Å². The van der Waals surface area contributed by atoms with Crippen LogP contribution in [0.2, 0.25) is 0 Å². The Morgan fingerprint density at radius 1 is 1.43 bits per heavy atom. The van der Waals surface area contributed by atoms with E-state index < -0.39 is 0 Å². The lowest BCUT2D eigenvalue weighted by molar-refractivity contribution is 0.315. The Balaban J connectivity index is 1.82. The molecule has 80 valence electrons. The predicted octanol–water partition coefficient (Wildman–Crippen LogP) is 0.900. The van der Waals surface area contributed by atoms with Gasteiger partial charge in [0.1, 0.15) is 0 Å². The number of hydrogen-bond donors (Lipinski definition) is 3. The van der Waals surface area contributed by atoms with Gasteiger partial charge in [-0.3, -0.25) is 0 Å². The summed E-state index contributed by atoms with van der Waals surface area (Å²) < 4.78 is 0. The molecule has 3 unspecified atom stereocenters. The molecule has 4 nitrogen and oxygen atoms in total. The Kier molecular flexibility index (Phi) is 2.63. The van der Waals surface area contributed by atoms with Crippen molar-refractivity contribution < 1.29 is 5.21 Å². The van der Waals surface area contributed by atoms with Crippen molar-refractivity contribution in [2.24, 2.45) is 22.7 Å². The molecule has 3 atom stereocenters. The molecule has 2 rings (SSSR count). The van der Waals surface area contributed by atoms with E-state index >= 15 is 0 Å². The summed E-state index contributed by atoms with van der Waals surface area (Å²) in [4.78, 5) is 0. The number of oxime groups is 1. The number of nitrogens with two attached hydrogens (primary N) is 1. The Bertz CT molecular complexity index is 230. The van der Waals surface area contributed by atoms with E-state index in [-0.39, 0.29) is 11.9 Å². The molecule has 2 aliphatic rings. The van der Waals surface area contributed by atoms with Gasteiger partial charge in [0.25, 0.3) is 0 Å². The van der Waals surface area contributed by atoms with Gasteiger partial charge in [-0.05, 0) is 31.6 Å². The summed E-state index contributed by atoms with van der Waals surface area (Å²) >= 11 is 0. The van der Waals surface area contributed by atoms with Crippen molar-refractivity contribution in [3.8, 4) is 0 Å². The van der Waals surface area contributed by atoms with E-state index in [2.05, 4.69) is 10.5 Å². The number of nitrogens with one attached hydrogen (secondary N) is 1. The highest BCUT2D eigenvalue weighted by molar-refractivity contribution is 5.84. The van der Waals surface area contributed by atoms with Crippen LogP contribution in [0.4, 0.5) is 0 Å². The molecule has 2 aliphatic carbocycles. The van der Waals surface area contributed by atoms with Crippen LogP contribution in [0, 0.1) is 11.8 Å². The second-order valence-corrected chi connectivity index (χ2v) is 4.55. The molecule has 0 aromatic carbocycles. The van der Waals surface area contributed by atoms with E-state index in [1.54, 1.807) is 0 Å². The molecular weight excluding hydrogens is 178 g/mol. The molecule has 0 aliphatic heterocycles. The first-order chi connectivity index (χ1) is 6.74. The van der Waals surface area contributed by atoms with Crippen LogP contribution in [0.25, 0.3) is 0 Å². The summed E-state index contributed by atoms with van der Waals surface area (Å²) in [6, 6.07) is 0.614. The van der Waals surface area contributed by atoms with Gasteiger partial charge in [0.2, 0.25) is 0 Å². The monoisotopic (exact) mass is 197 g/mol. The minimum Gasteiger partial charge on any atom is -0.409 e. The van der Waals surface area contributed by atoms with Crippen molar-refractivity contribution in [1.29, 1.82) is 0 Å². The third-order valence-corrected chi connectivity index (χ3v) is 3.66. The Labute approximate surface area is 84.5 Å². The molecule has 2 fully saturated rings. The standard InChI is InChI=1S/C10H19N3O/c1-6(10(11)13-14)12-9-7-4-2-3-5-8(7)9/h6-9,12,14H,2-5H2,1H3,(H2,11,13). The van der Waals surface area contributed by atoms with Gasteiger partial charge in [-0.25, -0.2) is 0 Å². The number of fused-ring (bicyclic) bond motifs is 1. The normalized spacial score (nSPS) is 38.9. The fourth-order valence-electron chi connectivity index (χ4n) is 2.70. The van der Waals surface area contributed by atoms with Crippen LogP contribution in [0.3, 0.4) is 0 Å². The molecule has 0 aromatic heterocycles. The average Bonchev–Trinajstić information content (AvgIpc) is 2.91. The number of hydrogen-bond acceptors (Lipinski definition) is 3. The van der Waals surface area contributed by atoms with Crippen molar-refractivity contribution in [3.63, 3.8) is 0 Å². The smallest absolute Gasteiger partial charge is 0.156 e. The second-order valence-electron chi connectivity index (χ2n) is 4.55. The number of rotatable bonds is 3. The van der Waals surface area contributed by atoms with E-state index in [0.29, 0.717) is 6.04 Å². The van der Waals surface area contributed by atoms with Gasteiger partial charge in [0.15, 0.2) is 5.84 Å². The van der Waals surface area contributed by atoms with Crippen molar-refractivity contribution in [2.45, 2.75) is 44.7 Å². The average molecular weight is 197 g/mol. The van der Waals surface area contributed by atoms with E-state index in [1.807, 2.05) is 6.92 Å². The third kappa shape index (κ3) is 1.71. The molecule has 14 heavy (non-hydrogen) atoms. The largest absolute Gasteiger partial charge is 0.409 e. The molecule has 2 saturated carbocycles. The van der Waals surface area contributed by atoms with Crippen LogP contribution in [0.1, 0.15) is 32.6 Å². The topological polar surface area (TPSA) is 70.6 Å². The molecule has 0 aromatic rings. The van der Waals surface area contributed by atoms with Gasteiger partial charge in [0.05, 0.1) is 6.04 Å². The van der Waals surface area contributed by atoms with Crippen molar-refractivity contribution in [3.05, 3.63) is 0 Å². The molecule has 0 radical (unpaired) electrons. The molecular formula is C10H19N3O. The van der Waals surface area contributed by atoms with Gasteiger partial charge < -0.3 is 16.3 Å². The van der Waals surface area contributed by atoms with Crippen LogP contribution < -0.4 is 11.1 Å². The Morgan fingerprint density at radius 2 is 2.00 bits per heavy atom. The van der Waals surface area contributed by atoms with E-state index in [4.69, 9.17) is 10.9 Å². The highest BCUT2D eigenvalue weighted by atomic mass is 16.4. The summed E-state index contributed by atoms with van der Waals surface area (Å²) in [6.45, 7) is 1.94. The van der Waals surface area contributed by atoms with Gasteiger partial charge in [-0.1, -0.05) is 18.0 Å². The molecule has 0 spiro atoms. The molecule has 0 bridgehead atoms. The zero-order valence-electron chi connectivity index (χ0n) is 8.61. The zero-order valence-corrected chi connectivity index (χ0v) is 8.61. The van der Waals surface area contributed by atoms with Crippen LogP contribution in [0.15, 0.2) is 5.16 Å². The van der Waals surface area contributed by atoms with E-state index in [1.165, 1.54) is 25.7 Å². The predicted molar refractivity (Wildman–Crippen MR) is 55.2 cm³/mol. The van der Waals surface area contributed by atoms with Crippen LogP contribution in [0.5, 0.6) is 0 Å². The van der Waals surface area contributed by atoms with Crippen molar-refractivity contribution in [1.82, 2.24) is 5.32 Å². The summed E-state index contributed by atoms with van der Waals surface area (Å²) in [7, 11) is 0. The minimum atomic E-state index is -0.00407. The lowest BCUT2D eigenvalue weighted by Crippen LogP contribution is -2.41. The fourth-order valence-corrected chi connectivity index (χ4v) is 2.70.